The summed E-state index contributed by atoms with van der Waals surface area (Å²) in [4.78, 5) is 12.0. The number of nitriles is 1. The van der Waals surface area contributed by atoms with Crippen molar-refractivity contribution >= 4 is 23.1 Å². The zero-order chi connectivity index (χ0) is 15.5. The van der Waals surface area contributed by atoms with E-state index < -0.39 is 5.95 Å². The molecule has 0 unspecified atom stereocenters. The number of hydrogen-bond acceptors (Lipinski definition) is 5. The van der Waals surface area contributed by atoms with Gasteiger partial charge >= 0.3 is 0 Å². The molecule has 1 aliphatic rings. The van der Waals surface area contributed by atoms with Crippen LogP contribution in [-0.4, -0.2) is 36.1 Å². The number of hydrogen-bond donors (Lipinski definition) is 0. The zero-order valence-electron chi connectivity index (χ0n) is 11.7. The Kier molecular flexibility index (Phi) is 4.07. The lowest BCUT2D eigenvalue weighted by atomic mass is 10.2. The average Bonchev–Trinajstić information content (AvgIpc) is 2.55. The standard InChI is InChI=1S/C15H13ClFN5/c16-13-7-11(9-18)10-20-15(13)22-5-3-21(4-6-22)12-1-2-19-14(17)8-12/h1-2,7-8,10H,3-6H2. The van der Waals surface area contributed by atoms with Gasteiger partial charge in [0.15, 0.2) is 0 Å². The van der Waals surface area contributed by atoms with Crippen molar-refractivity contribution in [2.75, 3.05) is 36.0 Å². The molecular formula is C15H13ClFN5. The van der Waals surface area contributed by atoms with E-state index in [9.17, 15) is 4.39 Å². The van der Waals surface area contributed by atoms with Crippen molar-refractivity contribution in [2.45, 2.75) is 0 Å². The van der Waals surface area contributed by atoms with E-state index in [2.05, 4.69) is 19.8 Å². The quantitative estimate of drug-likeness (QED) is 0.796. The van der Waals surface area contributed by atoms with Crippen LogP contribution >= 0.6 is 11.6 Å². The van der Waals surface area contributed by atoms with Gasteiger partial charge in [0.2, 0.25) is 5.95 Å². The summed E-state index contributed by atoms with van der Waals surface area (Å²) in [6.07, 6.45) is 2.99. The molecule has 0 radical (unpaired) electrons. The van der Waals surface area contributed by atoms with Gasteiger partial charge in [-0.15, -0.1) is 0 Å². The first-order valence-electron chi connectivity index (χ1n) is 6.84. The van der Waals surface area contributed by atoms with Crippen LogP contribution < -0.4 is 9.80 Å². The van der Waals surface area contributed by atoms with Crippen LogP contribution in [0, 0.1) is 17.3 Å². The van der Waals surface area contributed by atoms with Crippen LogP contribution in [0.25, 0.3) is 0 Å². The van der Waals surface area contributed by atoms with Crippen LogP contribution in [-0.2, 0) is 0 Å². The Hall–Kier alpha value is -2.39. The van der Waals surface area contributed by atoms with Crippen LogP contribution in [0.15, 0.2) is 30.6 Å². The van der Waals surface area contributed by atoms with Crippen LogP contribution in [0.4, 0.5) is 15.9 Å². The maximum Gasteiger partial charge on any atom is 0.214 e. The van der Waals surface area contributed by atoms with Gasteiger partial charge in [0.25, 0.3) is 0 Å². The van der Waals surface area contributed by atoms with Crippen molar-refractivity contribution in [3.05, 3.63) is 47.1 Å². The van der Waals surface area contributed by atoms with E-state index in [1.807, 2.05) is 6.07 Å². The molecule has 0 saturated carbocycles. The van der Waals surface area contributed by atoms with E-state index in [0.29, 0.717) is 16.4 Å². The summed E-state index contributed by atoms with van der Waals surface area (Å²) in [7, 11) is 0. The molecule has 2 aromatic rings. The molecule has 0 aromatic carbocycles. The highest BCUT2D eigenvalue weighted by atomic mass is 35.5. The fourth-order valence-corrected chi connectivity index (χ4v) is 2.78. The molecule has 5 nitrogen and oxygen atoms in total. The molecule has 0 amide bonds. The van der Waals surface area contributed by atoms with Crippen LogP contribution in [0.5, 0.6) is 0 Å². The lowest BCUT2D eigenvalue weighted by Gasteiger charge is -2.36. The zero-order valence-corrected chi connectivity index (χ0v) is 12.5. The van der Waals surface area contributed by atoms with Gasteiger partial charge in [0.05, 0.1) is 10.6 Å². The lowest BCUT2D eigenvalue weighted by molar-refractivity contribution is 0.580. The Bertz CT molecular complexity index is 722. The van der Waals surface area contributed by atoms with Crippen LogP contribution in [0.2, 0.25) is 5.02 Å². The van der Waals surface area contributed by atoms with Gasteiger partial charge in [0, 0.05) is 50.3 Å². The summed E-state index contributed by atoms with van der Waals surface area (Å²) in [5.41, 5.74) is 1.27. The molecule has 112 valence electrons. The number of nitrogens with zero attached hydrogens (tertiary/aromatic N) is 5. The van der Waals surface area contributed by atoms with Gasteiger partial charge in [0.1, 0.15) is 11.9 Å². The number of pyridine rings is 2. The van der Waals surface area contributed by atoms with Gasteiger partial charge in [-0.1, -0.05) is 11.6 Å². The second-order valence-electron chi connectivity index (χ2n) is 4.95. The van der Waals surface area contributed by atoms with Crippen molar-refractivity contribution in [3.8, 4) is 6.07 Å². The molecular weight excluding hydrogens is 305 g/mol. The SMILES string of the molecule is N#Cc1cnc(N2CCN(c3ccnc(F)c3)CC2)c(Cl)c1. The number of halogens is 2. The van der Waals surface area contributed by atoms with Crippen molar-refractivity contribution in [1.29, 1.82) is 5.26 Å². The Morgan fingerprint density at radius 1 is 1.14 bits per heavy atom. The van der Waals surface area contributed by atoms with Crippen LogP contribution in [0.1, 0.15) is 5.56 Å². The van der Waals surface area contributed by atoms with Gasteiger partial charge in [-0.05, 0) is 12.1 Å². The summed E-state index contributed by atoms with van der Waals surface area (Å²) >= 11 is 6.19. The normalized spacial score (nSPS) is 14.8. The van der Waals surface area contributed by atoms with E-state index in [1.165, 1.54) is 18.5 Å². The first-order valence-corrected chi connectivity index (χ1v) is 7.22. The Morgan fingerprint density at radius 2 is 1.86 bits per heavy atom. The molecule has 1 aliphatic heterocycles. The number of rotatable bonds is 2. The van der Waals surface area contributed by atoms with Gasteiger partial charge in [-0.25, -0.2) is 9.97 Å². The van der Waals surface area contributed by atoms with E-state index >= 15 is 0 Å². The summed E-state index contributed by atoms with van der Waals surface area (Å²) in [6, 6.07) is 6.87. The molecule has 1 fully saturated rings. The highest BCUT2D eigenvalue weighted by Gasteiger charge is 2.20. The van der Waals surface area contributed by atoms with Gasteiger partial charge in [-0.3, -0.25) is 0 Å². The topological polar surface area (TPSA) is 56.1 Å². The first-order chi connectivity index (χ1) is 10.7. The molecule has 1 saturated heterocycles. The monoisotopic (exact) mass is 317 g/mol. The second kappa shape index (κ2) is 6.16. The van der Waals surface area contributed by atoms with Crippen molar-refractivity contribution < 1.29 is 4.39 Å². The van der Waals surface area contributed by atoms with E-state index in [4.69, 9.17) is 16.9 Å². The number of anilines is 2. The maximum absolute atomic E-state index is 13.2. The first kappa shape index (κ1) is 14.5. The number of piperazine rings is 1. The summed E-state index contributed by atoms with van der Waals surface area (Å²) in [5.74, 6) is 0.206. The molecule has 3 rings (SSSR count). The fourth-order valence-electron chi connectivity index (χ4n) is 2.49. The molecule has 7 heteroatoms. The third kappa shape index (κ3) is 2.95. The van der Waals surface area contributed by atoms with Crippen LogP contribution in [0.3, 0.4) is 0 Å². The fraction of sp³-hybridized carbons (Fsp3) is 0.267. The largest absolute Gasteiger partial charge is 0.368 e. The molecule has 0 bridgehead atoms. The maximum atomic E-state index is 13.2. The minimum Gasteiger partial charge on any atom is -0.368 e. The van der Waals surface area contributed by atoms with Gasteiger partial charge in [-0.2, -0.15) is 9.65 Å². The van der Waals surface area contributed by atoms with E-state index in [1.54, 1.807) is 12.1 Å². The average molecular weight is 318 g/mol. The third-order valence-electron chi connectivity index (χ3n) is 3.61. The molecule has 0 spiro atoms. The molecule has 3 heterocycles. The summed E-state index contributed by atoms with van der Waals surface area (Å²) in [5, 5.41) is 9.32. The van der Waals surface area contributed by atoms with Crippen molar-refractivity contribution in [2.24, 2.45) is 0 Å². The minimum absolute atomic E-state index is 0.444. The molecule has 2 aromatic heterocycles. The Labute approximate surface area is 132 Å². The highest BCUT2D eigenvalue weighted by molar-refractivity contribution is 6.33. The molecule has 0 aliphatic carbocycles. The smallest absolute Gasteiger partial charge is 0.214 e. The predicted octanol–water partition coefficient (Wildman–Crippen LogP) is 2.47. The van der Waals surface area contributed by atoms with E-state index in [-0.39, 0.29) is 0 Å². The predicted molar refractivity (Wildman–Crippen MR) is 82.6 cm³/mol. The summed E-state index contributed by atoms with van der Waals surface area (Å²) in [6.45, 7) is 2.92. The number of aromatic nitrogens is 2. The Balaban J connectivity index is 1.71. The second-order valence-corrected chi connectivity index (χ2v) is 5.36. The lowest BCUT2D eigenvalue weighted by Crippen LogP contribution is -2.47. The molecule has 0 N–H and O–H groups in total. The van der Waals surface area contributed by atoms with Gasteiger partial charge < -0.3 is 9.80 Å². The summed E-state index contributed by atoms with van der Waals surface area (Å²) < 4.78 is 13.2. The third-order valence-corrected chi connectivity index (χ3v) is 3.88. The van der Waals surface area contributed by atoms with E-state index in [0.717, 1.165) is 31.9 Å². The molecule has 0 atom stereocenters. The van der Waals surface area contributed by atoms with Crippen molar-refractivity contribution in [3.63, 3.8) is 0 Å². The minimum atomic E-state index is -0.475. The highest BCUT2D eigenvalue weighted by Crippen LogP contribution is 2.26. The Morgan fingerprint density at radius 3 is 2.50 bits per heavy atom. The van der Waals surface area contributed by atoms with Crippen molar-refractivity contribution in [1.82, 2.24) is 9.97 Å². The molecule has 22 heavy (non-hydrogen) atoms.